The Hall–Kier alpha value is -3.05. The second-order valence-corrected chi connectivity index (χ2v) is 7.62. The number of hydrogen-bond donors (Lipinski definition) is 1. The maximum atomic E-state index is 13.1. The van der Waals surface area contributed by atoms with Crippen molar-refractivity contribution in [2.45, 2.75) is 13.8 Å². The van der Waals surface area contributed by atoms with Crippen molar-refractivity contribution in [3.63, 3.8) is 0 Å². The number of nitrogens with one attached hydrogen (secondary N) is 1. The summed E-state index contributed by atoms with van der Waals surface area (Å²) < 4.78 is 0.996. The van der Waals surface area contributed by atoms with Gasteiger partial charge in [0, 0.05) is 21.1 Å². The van der Waals surface area contributed by atoms with Gasteiger partial charge in [-0.3, -0.25) is 4.79 Å². The number of carbonyl (C=O) groups excluding carboxylic acids is 1. The highest BCUT2D eigenvalue weighted by atomic mass is 79.9. The van der Waals surface area contributed by atoms with E-state index in [0.29, 0.717) is 11.4 Å². The smallest absolute Gasteiger partial charge is 0.257 e. The number of benzene rings is 2. The van der Waals surface area contributed by atoms with Crippen LogP contribution in [0.25, 0.3) is 22.2 Å². The number of para-hydroxylation sites is 1. The SMILES string of the molecule is Cc1cc(C)nc(NC(=O)c2cc(-c3ccc(Br)cc3)nc3ccccc23)c1. The zero-order valence-corrected chi connectivity index (χ0v) is 17.1. The van der Waals surface area contributed by atoms with Crippen LogP contribution in [0.15, 0.2) is 71.2 Å². The van der Waals surface area contributed by atoms with Crippen LogP contribution in [0.4, 0.5) is 5.82 Å². The van der Waals surface area contributed by atoms with Crippen LogP contribution in [0.1, 0.15) is 21.6 Å². The second-order valence-electron chi connectivity index (χ2n) is 6.70. The Morgan fingerprint density at radius 3 is 2.43 bits per heavy atom. The molecule has 0 aliphatic heterocycles. The third kappa shape index (κ3) is 3.80. The number of fused-ring (bicyclic) bond motifs is 1. The number of hydrogen-bond acceptors (Lipinski definition) is 3. The van der Waals surface area contributed by atoms with Crippen LogP contribution >= 0.6 is 15.9 Å². The quantitative estimate of drug-likeness (QED) is 0.437. The summed E-state index contributed by atoms with van der Waals surface area (Å²) in [5, 5.41) is 3.74. The summed E-state index contributed by atoms with van der Waals surface area (Å²) in [6.45, 7) is 3.90. The molecule has 0 atom stereocenters. The summed E-state index contributed by atoms with van der Waals surface area (Å²) in [6.07, 6.45) is 0. The van der Waals surface area contributed by atoms with Gasteiger partial charge in [0.2, 0.25) is 0 Å². The van der Waals surface area contributed by atoms with E-state index in [2.05, 4.69) is 26.2 Å². The predicted octanol–water partition coefficient (Wildman–Crippen LogP) is 5.93. The number of rotatable bonds is 3. The van der Waals surface area contributed by atoms with Crippen molar-refractivity contribution in [2.24, 2.45) is 0 Å². The summed E-state index contributed by atoms with van der Waals surface area (Å²) >= 11 is 3.45. The van der Waals surface area contributed by atoms with Crippen LogP contribution in [0.5, 0.6) is 0 Å². The fourth-order valence-corrected chi connectivity index (χ4v) is 3.49. The zero-order valence-electron chi connectivity index (χ0n) is 15.5. The van der Waals surface area contributed by atoms with Crippen molar-refractivity contribution in [2.75, 3.05) is 5.32 Å². The number of carbonyl (C=O) groups is 1. The molecule has 0 saturated carbocycles. The van der Waals surface area contributed by atoms with E-state index in [1.54, 1.807) is 0 Å². The minimum absolute atomic E-state index is 0.200. The Morgan fingerprint density at radius 1 is 0.929 bits per heavy atom. The topological polar surface area (TPSA) is 54.9 Å². The highest BCUT2D eigenvalue weighted by Crippen LogP contribution is 2.26. The first-order valence-corrected chi connectivity index (χ1v) is 9.71. The predicted molar refractivity (Wildman–Crippen MR) is 117 cm³/mol. The molecule has 0 spiro atoms. The summed E-state index contributed by atoms with van der Waals surface area (Å²) in [7, 11) is 0. The summed E-state index contributed by atoms with van der Waals surface area (Å²) in [5.41, 5.74) is 4.98. The lowest BCUT2D eigenvalue weighted by Crippen LogP contribution is -2.14. The normalized spacial score (nSPS) is 10.8. The third-order valence-electron chi connectivity index (χ3n) is 4.44. The molecule has 2 heterocycles. The molecule has 4 nitrogen and oxygen atoms in total. The van der Waals surface area contributed by atoms with Gasteiger partial charge in [-0.25, -0.2) is 9.97 Å². The van der Waals surface area contributed by atoms with Crippen LogP contribution < -0.4 is 5.32 Å². The van der Waals surface area contributed by atoms with Gasteiger partial charge in [-0.05, 0) is 55.8 Å². The molecule has 2 aromatic heterocycles. The van der Waals surface area contributed by atoms with Gasteiger partial charge in [-0.1, -0.05) is 46.3 Å². The standard InChI is InChI=1S/C23H18BrN3O/c1-14-11-15(2)25-22(12-14)27-23(28)19-13-21(16-7-9-17(24)10-8-16)26-20-6-4-3-5-18(19)20/h3-13H,1-2H3,(H,25,27,28). The van der Waals surface area contributed by atoms with Crippen molar-refractivity contribution >= 4 is 38.6 Å². The van der Waals surface area contributed by atoms with Crippen molar-refractivity contribution in [1.82, 2.24) is 9.97 Å². The first kappa shape index (κ1) is 18.3. The maximum Gasteiger partial charge on any atom is 0.257 e. The molecule has 1 N–H and O–H groups in total. The van der Waals surface area contributed by atoms with E-state index >= 15 is 0 Å². The van der Waals surface area contributed by atoms with Gasteiger partial charge in [0.05, 0.1) is 16.8 Å². The van der Waals surface area contributed by atoms with Crippen LogP contribution in [0, 0.1) is 13.8 Å². The molecular formula is C23H18BrN3O. The Bertz CT molecular complexity index is 1170. The van der Waals surface area contributed by atoms with Gasteiger partial charge >= 0.3 is 0 Å². The number of anilines is 1. The largest absolute Gasteiger partial charge is 0.307 e. The number of pyridine rings is 2. The molecule has 4 rings (SSSR count). The fourth-order valence-electron chi connectivity index (χ4n) is 3.22. The molecule has 5 heteroatoms. The molecule has 138 valence electrons. The molecule has 4 aromatic rings. The summed E-state index contributed by atoms with van der Waals surface area (Å²) in [4.78, 5) is 22.3. The van der Waals surface area contributed by atoms with Crippen molar-refractivity contribution < 1.29 is 4.79 Å². The molecule has 0 unspecified atom stereocenters. The Balaban J connectivity index is 1.80. The van der Waals surface area contributed by atoms with Crippen LogP contribution in [0.2, 0.25) is 0 Å². The number of amides is 1. The van der Waals surface area contributed by atoms with E-state index < -0.39 is 0 Å². The number of halogens is 1. The van der Waals surface area contributed by atoms with Crippen LogP contribution in [-0.2, 0) is 0 Å². The molecule has 2 aromatic carbocycles. The first-order chi connectivity index (χ1) is 13.5. The molecule has 0 bridgehead atoms. The molecule has 0 aliphatic carbocycles. The molecule has 0 radical (unpaired) electrons. The van der Waals surface area contributed by atoms with E-state index in [1.165, 1.54) is 0 Å². The molecule has 0 saturated heterocycles. The van der Waals surface area contributed by atoms with E-state index in [0.717, 1.165) is 37.9 Å². The third-order valence-corrected chi connectivity index (χ3v) is 4.97. The second kappa shape index (κ2) is 7.52. The van der Waals surface area contributed by atoms with E-state index in [9.17, 15) is 4.79 Å². The van der Waals surface area contributed by atoms with Gasteiger partial charge in [0.15, 0.2) is 0 Å². The Kier molecular flexibility index (Phi) is 4.92. The Morgan fingerprint density at radius 2 is 1.68 bits per heavy atom. The number of aryl methyl sites for hydroxylation is 2. The minimum Gasteiger partial charge on any atom is -0.307 e. The van der Waals surface area contributed by atoms with Crippen molar-refractivity contribution in [1.29, 1.82) is 0 Å². The first-order valence-electron chi connectivity index (χ1n) is 8.92. The van der Waals surface area contributed by atoms with Gasteiger partial charge in [-0.15, -0.1) is 0 Å². The minimum atomic E-state index is -0.200. The van der Waals surface area contributed by atoms with E-state index in [-0.39, 0.29) is 5.91 Å². The molecule has 0 aliphatic rings. The highest BCUT2D eigenvalue weighted by molar-refractivity contribution is 9.10. The summed E-state index contributed by atoms with van der Waals surface area (Å²) in [5.74, 6) is 0.350. The molecule has 28 heavy (non-hydrogen) atoms. The monoisotopic (exact) mass is 431 g/mol. The Labute approximate surface area is 171 Å². The van der Waals surface area contributed by atoms with Crippen molar-refractivity contribution in [3.8, 4) is 11.3 Å². The van der Waals surface area contributed by atoms with Crippen LogP contribution in [-0.4, -0.2) is 15.9 Å². The van der Waals surface area contributed by atoms with Crippen molar-refractivity contribution in [3.05, 3.63) is 88.0 Å². The van der Waals surface area contributed by atoms with Crippen LogP contribution in [0.3, 0.4) is 0 Å². The maximum absolute atomic E-state index is 13.1. The van der Waals surface area contributed by atoms with Gasteiger partial charge in [0.1, 0.15) is 5.82 Å². The van der Waals surface area contributed by atoms with E-state index in [1.807, 2.05) is 80.6 Å². The van der Waals surface area contributed by atoms with E-state index in [4.69, 9.17) is 4.98 Å². The lowest BCUT2D eigenvalue weighted by atomic mass is 10.0. The average Bonchev–Trinajstić information content (AvgIpc) is 2.67. The molecular weight excluding hydrogens is 414 g/mol. The van der Waals surface area contributed by atoms with Gasteiger partial charge < -0.3 is 5.32 Å². The summed E-state index contributed by atoms with van der Waals surface area (Å²) in [6, 6.07) is 21.2. The highest BCUT2D eigenvalue weighted by Gasteiger charge is 2.15. The number of nitrogens with zero attached hydrogens (tertiary/aromatic N) is 2. The lowest BCUT2D eigenvalue weighted by Gasteiger charge is -2.11. The van der Waals surface area contributed by atoms with Gasteiger partial charge in [0.25, 0.3) is 5.91 Å². The lowest BCUT2D eigenvalue weighted by molar-refractivity contribution is 0.102. The van der Waals surface area contributed by atoms with Gasteiger partial charge in [-0.2, -0.15) is 0 Å². The fraction of sp³-hybridized carbons (Fsp3) is 0.0870. The zero-order chi connectivity index (χ0) is 19.7. The molecule has 1 amide bonds. The number of aromatic nitrogens is 2. The average molecular weight is 432 g/mol. The molecule has 0 fully saturated rings.